The number of phenolic OH excluding ortho intramolecular Hbond substituents is 2. The van der Waals surface area contributed by atoms with E-state index in [1.54, 1.807) is 12.1 Å². The number of rotatable bonds is 2. The lowest BCUT2D eigenvalue weighted by Gasteiger charge is -1.91. The van der Waals surface area contributed by atoms with Gasteiger partial charge in [-0.2, -0.15) is 0 Å². The van der Waals surface area contributed by atoms with E-state index in [0.29, 0.717) is 6.42 Å². The zero-order chi connectivity index (χ0) is 10.1. The Morgan fingerprint density at radius 3 is 1.85 bits per heavy atom. The summed E-state index contributed by atoms with van der Waals surface area (Å²) in [7, 11) is 0. The van der Waals surface area contributed by atoms with Crippen molar-refractivity contribution in [1.82, 2.24) is 0 Å². The lowest BCUT2D eigenvalue weighted by molar-refractivity contribution is -0.107. The number of para-hydroxylation sites is 2. The summed E-state index contributed by atoms with van der Waals surface area (Å²) in [5.74, 6) is -0.153. The Kier molecular flexibility index (Phi) is 6.32. The Labute approximate surface area is 77.6 Å². The summed E-state index contributed by atoms with van der Waals surface area (Å²) in [4.78, 5) is 9.40. The topological polar surface area (TPSA) is 57.5 Å². The molecule has 3 heteroatoms. The summed E-state index contributed by atoms with van der Waals surface area (Å²) >= 11 is 0. The molecule has 0 aliphatic rings. The van der Waals surface area contributed by atoms with Crippen molar-refractivity contribution in [1.29, 1.82) is 0 Å². The van der Waals surface area contributed by atoms with Gasteiger partial charge in [-0.05, 0) is 18.6 Å². The smallest absolute Gasteiger partial charge is 0.157 e. The number of hydrogen-bond acceptors (Lipinski definition) is 3. The van der Waals surface area contributed by atoms with E-state index in [1.807, 2.05) is 6.92 Å². The fourth-order valence-corrected chi connectivity index (χ4v) is 0.582. The number of unbranched alkanes of at least 4 members (excludes halogenated alkanes) is 1. The predicted molar refractivity (Wildman–Crippen MR) is 50.7 cm³/mol. The van der Waals surface area contributed by atoms with Crippen LogP contribution in [-0.2, 0) is 4.79 Å². The van der Waals surface area contributed by atoms with Crippen molar-refractivity contribution in [2.45, 2.75) is 19.8 Å². The minimum absolute atomic E-state index is 0.0764. The molecule has 1 aromatic carbocycles. The highest BCUT2D eigenvalue weighted by molar-refractivity contribution is 5.48. The average Bonchev–Trinajstić information content (AvgIpc) is 2.13. The maximum absolute atomic E-state index is 9.40. The molecule has 0 saturated heterocycles. The number of aromatic hydroxyl groups is 2. The summed E-state index contributed by atoms with van der Waals surface area (Å²) in [5, 5.41) is 17.3. The first-order chi connectivity index (χ1) is 6.22. The fraction of sp³-hybridized carbons (Fsp3) is 0.300. The first kappa shape index (κ1) is 11.5. The van der Waals surface area contributed by atoms with Crippen LogP contribution in [0.5, 0.6) is 11.5 Å². The molecular formula is C10H14O3. The van der Waals surface area contributed by atoms with Gasteiger partial charge in [-0.25, -0.2) is 0 Å². The van der Waals surface area contributed by atoms with E-state index in [4.69, 9.17) is 10.2 Å². The third-order valence-corrected chi connectivity index (χ3v) is 1.29. The van der Waals surface area contributed by atoms with Crippen molar-refractivity contribution in [3.8, 4) is 11.5 Å². The number of carbonyl (C=O) groups excluding carboxylic acids is 1. The van der Waals surface area contributed by atoms with Gasteiger partial charge in [0.05, 0.1) is 0 Å². The second-order valence-electron chi connectivity index (χ2n) is 2.44. The van der Waals surface area contributed by atoms with Crippen LogP contribution in [0.1, 0.15) is 19.8 Å². The number of aldehydes is 1. The number of benzene rings is 1. The first-order valence-corrected chi connectivity index (χ1v) is 4.13. The molecule has 13 heavy (non-hydrogen) atoms. The maximum atomic E-state index is 9.40. The highest BCUT2D eigenvalue weighted by Crippen LogP contribution is 2.21. The van der Waals surface area contributed by atoms with Crippen molar-refractivity contribution in [3.05, 3.63) is 24.3 Å². The summed E-state index contributed by atoms with van der Waals surface area (Å²) in [6.07, 6.45) is 2.61. The van der Waals surface area contributed by atoms with E-state index >= 15 is 0 Å². The third kappa shape index (κ3) is 5.73. The summed E-state index contributed by atoms with van der Waals surface area (Å²) < 4.78 is 0. The van der Waals surface area contributed by atoms with Crippen LogP contribution in [0.2, 0.25) is 0 Å². The first-order valence-electron chi connectivity index (χ1n) is 4.13. The molecular weight excluding hydrogens is 168 g/mol. The van der Waals surface area contributed by atoms with E-state index in [2.05, 4.69) is 0 Å². The molecule has 2 N–H and O–H groups in total. The molecule has 0 radical (unpaired) electrons. The Morgan fingerprint density at radius 2 is 1.69 bits per heavy atom. The number of carbonyl (C=O) groups is 1. The van der Waals surface area contributed by atoms with Gasteiger partial charge in [0, 0.05) is 6.42 Å². The van der Waals surface area contributed by atoms with Gasteiger partial charge in [0.1, 0.15) is 6.29 Å². The number of hydrogen-bond donors (Lipinski definition) is 2. The lowest BCUT2D eigenvalue weighted by Crippen LogP contribution is -1.64. The van der Waals surface area contributed by atoms with Crippen LogP contribution in [0.4, 0.5) is 0 Å². The second-order valence-corrected chi connectivity index (χ2v) is 2.44. The molecule has 3 nitrogen and oxygen atoms in total. The zero-order valence-corrected chi connectivity index (χ0v) is 7.60. The summed E-state index contributed by atoms with van der Waals surface area (Å²) in [5.41, 5.74) is 0. The Hall–Kier alpha value is -1.51. The minimum Gasteiger partial charge on any atom is -0.504 e. The molecule has 0 saturated carbocycles. The van der Waals surface area contributed by atoms with Crippen LogP contribution in [0.25, 0.3) is 0 Å². The lowest BCUT2D eigenvalue weighted by atomic mass is 10.3. The normalized spacial score (nSPS) is 8.38. The van der Waals surface area contributed by atoms with E-state index in [9.17, 15) is 4.79 Å². The summed E-state index contributed by atoms with van der Waals surface area (Å²) in [6.45, 7) is 1.98. The Bertz CT molecular complexity index is 225. The second kappa shape index (κ2) is 7.16. The van der Waals surface area contributed by atoms with Gasteiger partial charge in [-0.3, -0.25) is 0 Å². The van der Waals surface area contributed by atoms with Crippen LogP contribution >= 0.6 is 0 Å². The molecule has 0 fully saturated rings. The molecule has 0 amide bonds. The molecule has 0 aliphatic carbocycles. The van der Waals surface area contributed by atoms with Crippen molar-refractivity contribution in [3.63, 3.8) is 0 Å². The Morgan fingerprint density at radius 1 is 1.23 bits per heavy atom. The van der Waals surface area contributed by atoms with Crippen molar-refractivity contribution in [2.24, 2.45) is 0 Å². The molecule has 0 heterocycles. The molecule has 0 atom stereocenters. The predicted octanol–water partition coefficient (Wildman–Crippen LogP) is 2.08. The van der Waals surface area contributed by atoms with Crippen LogP contribution in [-0.4, -0.2) is 16.5 Å². The molecule has 0 aliphatic heterocycles. The molecule has 0 aromatic heterocycles. The Balaban J connectivity index is 0.000000252. The monoisotopic (exact) mass is 182 g/mol. The van der Waals surface area contributed by atoms with E-state index in [-0.39, 0.29) is 11.5 Å². The molecule has 1 rings (SSSR count). The van der Waals surface area contributed by atoms with Crippen LogP contribution < -0.4 is 0 Å². The average molecular weight is 182 g/mol. The van der Waals surface area contributed by atoms with Gasteiger partial charge >= 0.3 is 0 Å². The van der Waals surface area contributed by atoms with Gasteiger partial charge in [0.25, 0.3) is 0 Å². The fourth-order valence-electron chi connectivity index (χ4n) is 0.582. The standard InChI is InChI=1S/C6H6O2.C4H8O/c7-5-3-1-2-4-6(5)8;1-2-3-4-5/h1-4,7-8H;4H,2-3H2,1H3. The highest BCUT2D eigenvalue weighted by atomic mass is 16.3. The number of phenols is 2. The molecule has 0 spiro atoms. The van der Waals surface area contributed by atoms with Gasteiger partial charge < -0.3 is 15.0 Å². The van der Waals surface area contributed by atoms with Crippen molar-refractivity contribution in [2.75, 3.05) is 0 Å². The maximum Gasteiger partial charge on any atom is 0.157 e. The quantitative estimate of drug-likeness (QED) is 0.543. The van der Waals surface area contributed by atoms with E-state index in [0.717, 1.165) is 12.7 Å². The van der Waals surface area contributed by atoms with Crippen molar-refractivity contribution < 1.29 is 15.0 Å². The van der Waals surface area contributed by atoms with Gasteiger partial charge in [-0.1, -0.05) is 19.1 Å². The van der Waals surface area contributed by atoms with Crippen molar-refractivity contribution >= 4 is 6.29 Å². The molecule has 1 aromatic rings. The summed E-state index contributed by atoms with van der Waals surface area (Å²) in [6, 6.07) is 6.15. The largest absolute Gasteiger partial charge is 0.504 e. The third-order valence-electron chi connectivity index (χ3n) is 1.29. The van der Waals surface area contributed by atoms with Gasteiger partial charge in [0.15, 0.2) is 11.5 Å². The molecule has 72 valence electrons. The minimum atomic E-state index is -0.0764. The molecule has 0 bridgehead atoms. The van der Waals surface area contributed by atoms with Crippen LogP contribution in [0.15, 0.2) is 24.3 Å². The highest BCUT2D eigenvalue weighted by Gasteiger charge is 1.90. The zero-order valence-electron chi connectivity index (χ0n) is 7.60. The van der Waals surface area contributed by atoms with Gasteiger partial charge in [0.2, 0.25) is 0 Å². The van der Waals surface area contributed by atoms with Gasteiger partial charge in [-0.15, -0.1) is 0 Å². The molecule has 0 unspecified atom stereocenters. The van der Waals surface area contributed by atoms with E-state index in [1.165, 1.54) is 12.1 Å². The van der Waals surface area contributed by atoms with Crippen LogP contribution in [0.3, 0.4) is 0 Å². The van der Waals surface area contributed by atoms with Crippen LogP contribution in [0, 0.1) is 0 Å². The SMILES string of the molecule is CCCC=O.Oc1ccccc1O. The van der Waals surface area contributed by atoms with E-state index < -0.39 is 0 Å².